The van der Waals surface area contributed by atoms with Gasteiger partial charge in [0.25, 0.3) is 0 Å². The first kappa shape index (κ1) is 12.2. The molecule has 0 aromatic heterocycles. The van der Waals surface area contributed by atoms with Crippen molar-refractivity contribution >= 4 is 88.1 Å². The summed E-state index contributed by atoms with van der Waals surface area (Å²) >= 11 is -3.00. The summed E-state index contributed by atoms with van der Waals surface area (Å²) in [5, 5.41) is 0. The van der Waals surface area contributed by atoms with Crippen LogP contribution in [0.15, 0.2) is 0 Å². The Bertz CT molecular complexity index is 23.0. The van der Waals surface area contributed by atoms with Crippen LogP contribution in [0, 0.1) is 0 Å². The molecule has 41 valence electrons. The predicted molar refractivity (Wildman–Crippen MR) is 30.6 cm³/mol. The van der Waals surface area contributed by atoms with E-state index in [0.717, 1.165) is 0 Å². The molecular formula is HAuCl4K. The van der Waals surface area contributed by atoms with Crippen molar-refractivity contribution in [2.24, 2.45) is 0 Å². The van der Waals surface area contributed by atoms with Gasteiger partial charge in [0, 0.05) is 0 Å². The molecular weight excluding hydrogens is 378 g/mol. The Morgan fingerprint density at radius 2 is 0.833 bits per heavy atom. The molecule has 0 atom stereocenters. The van der Waals surface area contributed by atoms with Crippen LogP contribution in [0.4, 0.5) is 0 Å². The summed E-state index contributed by atoms with van der Waals surface area (Å²) in [6.45, 7) is 0. The SMILES string of the molecule is [Cl][Au]([Cl])([Cl])[Cl].[KH]. The van der Waals surface area contributed by atoms with Crippen molar-refractivity contribution in [3.05, 3.63) is 0 Å². The van der Waals surface area contributed by atoms with Crippen molar-refractivity contribution < 1.29 is 12.8 Å². The van der Waals surface area contributed by atoms with Gasteiger partial charge in [0.05, 0.1) is 0 Å². The van der Waals surface area contributed by atoms with Crippen molar-refractivity contribution in [3.63, 3.8) is 0 Å². The van der Waals surface area contributed by atoms with E-state index < -0.39 is 12.8 Å². The monoisotopic (exact) mass is 377 g/mol. The van der Waals surface area contributed by atoms with E-state index >= 15 is 0 Å². The van der Waals surface area contributed by atoms with Gasteiger partial charge in [-0.15, -0.1) is 0 Å². The first-order valence-electron chi connectivity index (χ1n) is 0.456. The summed E-state index contributed by atoms with van der Waals surface area (Å²) in [4.78, 5) is 0. The van der Waals surface area contributed by atoms with Gasteiger partial charge in [-0.05, 0) is 0 Å². The van der Waals surface area contributed by atoms with Crippen LogP contribution in [0.5, 0.6) is 0 Å². The van der Waals surface area contributed by atoms with Gasteiger partial charge in [-0.2, -0.15) is 0 Å². The van der Waals surface area contributed by atoms with E-state index in [1.165, 1.54) is 0 Å². The molecule has 0 heterocycles. The van der Waals surface area contributed by atoms with E-state index in [0.29, 0.717) is 0 Å². The van der Waals surface area contributed by atoms with Crippen molar-refractivity contribution in [1.29, 1.82) is 0 Å². The molecule has 0 saturated carbocycles. The Kier molecular flexibility index (Phi) is 10.9. The average molecular weight is 379 g/mol. The number of rotatable bonds is 0. The zero-order valence-corrected chi connectivity index (χ0v) is 7.00. The second-order valence-electron chi connectivity index (χ2n) is 0.258. The summed E-state index contributed by atoms with van der Waals surface area (Å²) < 4.78 is 0. The van der Waals surface area contributed by atoms with Gasteiger partial charge in [0.15, 0.2) is 0 Å². The maximum atomic E-state index is 5.00. The summed E-state index contributed by atoms with van der Waals surface area (Å²) in [6.07, 6.45) is 0. The van der Waals surface area contributed by atoms with E-state index in [9.17, 15) is 0 Å². The third-order valence-corrected chi connectivity index (χ3v) is 0. The van der Waals surface area contributed by atoms with Gasteiger partial charge in [-0.1, -0.05) is 0 Å². The molecule has 0 amide bonds. The molecule has 0 aliphatic heterocycles. The van der Waals surface area contributed by atoms with E-state index in [4.69, 9.17) is 36.8 Å². The minimum absolute atomic E-state index is 0. The zero-order valence-electron chi connectivity index (χ0n) is 1.81. The zero-order chi connectivity index (χ0) is 4.50. The fraction of sp³-hybridized carbons (Fsp3) is 0. The first-order chi connectivity index (χ1) is 2.00. The molecule has 0 aliphatic carbocycles. The molecule has 0 aromatic carbocycles. The van der Waals surface area contributed by atoms with Crippen molar-refractivity contribution in [2.75, 3.05) is 0 Å². The summed E-state index contributed by atoms with van der Waals surface area (Å²) in [5.41, 5.74) is 0. The van der Waals surface area contributed by atoms with Crippen LogP contribution in [-0.4, -0.2) is 51.4 Å². The molecule has 6 heteroatoms. The quantitative estimate of drug-likeness (QED) is 0.566. The molecule has 0 N–H and O–H groups in total. The van der Waals surface area contributed by atoms with Gasteiger partial charge in [-0.25, -0.2) is 0 Å². The standard InChI is InChI=1S/Au.4ClH.K.H/h;4*1H;;/q+4;;;;;;/p-4. The van der Waals surface area contributed by atoms with Crippen LogP contribution < -0.4 is 0 Å². The van der Waals surface area contributed by atoms with E-state index in [2.05, 4.69) is 0 Å². The summed E-state index contributed by atoms with van der Waals surface area (Å²) in [6, 6.07) is 0. The topological polar surface area (TPSA) is 0 Å². The summed E-state index contributed by atoms with van der Waals surface area (Å²) in [5.74, 6) is 0. The fourth-order valence-electron chi connectivity index (χ4n) is 0. The molecule has 0 fully saturated rings. The fourth-order valence-corrected chi connectivity index (χ4v) is 0. The average Bonchev–Trinajstić information content (AvgIpc) is 0.722. The Hall–Kier alpha value is 3.54. The van der Waals surface area contributed by atoms with Crippen LogP contribution in [0.25, 0.3) is 0 Å². The summed E-state index contributed by atoms with van der Waals surface area (Å²) in [7, 11) is 20.0. The van der Waals surface area contributed by atoms with Gasteiger partial charge in [-0.3, -0.25) is 0 Å². The second-order valence-corrected chi connectivity index (χ2v) is 19.0. The van der Waals surface area contributed by atoms with E-state index in [-0.39, 0.29) is 51.4 Å². The molecule has 0 bridgehead atoms. The molecule has 0 nitrogen and oxygen atoms in total. The Morgan fingerprint density at radius 3 is 0.833 bits per heavy atom. The minimum atomic E-state index is -3.00. The number of hydrogen-bond donors (Lipinski definition) is 0. The normalized spacial score (nSPS) is 12.7. The van der Waals surface area contributed by atoms with E-state index in [1.54, 1.807) is 0 Å². The number of hydrogen-bond acceptors (Lipinski definition) is 0. The Morgan fingerprint density at radius 1 is 0.833 bits per heavy atom. The van der Waals surface area contributed by atoms with Crippen molar-refractivity contribution in [2.45, 2.75) is 0 Å². The molecule has 0 rings (SSSR count). The van der Waals surface area contributed by atoms with Gasteiger partial charge in [0.1, 0.15) is 0 Å². The predicted octanol–water partition coefficient (Wildman–Crippen LogP) is 2.11. The molecule has 0 radical (unpaired) electrons. The van der Waals surface area contributed by atoms with E-state index in [1.807, 2.05) is 0 Å². The number of halogens is 4. The van der Waals surface area contributed by atoms with Crippen LogP contribution in [0.1, 0.15) is 0 Å². The van der Waals surface area contributed by atoms with Gasteiger partial charge in [0.2, 0.25) is 0 Å². The molecule has 0 spiro atoms. The van der Waals surface area contributed by atoms with Gasteiger partial charge >= 0.3 is 101 Å². The van der Waals surface area contributed by atoms with Gasteiger partial charge < -0.3 is 0 Å². The molecule has 6 heavy (non-hydrogen) atoms. The molecule has 0 aromatic rings. The van der Waals surface area contributed by atoms with Crippen LogP contribution in [0.3, 0.4) is 0 Å². The maximum absolute atomic E-state index is 5.00. The molecule has 0 saturated heterocycles. The van der Waals surface area contributed by atoms with Crippen molar-refractivity contribution in [3.8, 4) is 0 Å². The second kappa shape index (κ2) is 5.33. The van der Waals surface area contributed by atoms with Crippen LogP contribution in [0.2, 0.25) is 0 Å². The molecule has 0 aliphatic rings. The Balaban J connectivity index is 0. The van der Waals surface area contributed by atoms with Crippen molar-refractivity contribution in [1.82, 2.24) is 0 Å². The third kappa shape index (κ3) is 25.7. The molecule has 0 unspecified atom stereocenters. The first-order valence-corrected chi connectivity index (χ1v) is 11.2. The Labute approximate surface area is 98.1 Å². The third-order valence-electron chi connectivity index (χ3n) is 0. The van der Waals surface area contributed by atoms with Crippen LogP contribution >= 0.6 is 36.8 Å². The van der Waals surface area contributed by atoms with Crippen LogP contribution in [-0.2, 0) is 12.8 Å².